The van der Waals surface area contributed by atoms with Crippen LogP contribution in [-0.2, 0) is 6.54 Å². The number of hydrogen-bond donors (Lipinski definition) is 2. The summed E-state index contributed by atoms with van der Waals surface area (Å²) in [6.07, 6.45) is 2.63. The monoisotopic (exact) mass is 567 g/mol. The first-order valence-electron chi connectivity index (χ1n) is 9.44. The van der Waals surface area contributed by atoms with Crippen LogP contribution < -0.4 is 25.0 Å². The van der Waals surface area contributed by atoms with Crippen molar-refractivity contribution in [3.05, 3.63) is 47.1 Å². The van der Waals surface area contributed by atoms with Gasteiger partial charge in [-0.2, -0.15) is 8.78 Å². The lowest BCUT2D eigenvalue weighted by molar-refractivity contribution is -0.0512. The van der Waals surface area contributed by atoms with Crippen molar-refractivity contribution < 1.29 is 18.3 Å². The number of aromatic nitrogens is 1. The van der Waals surface area contributed by atoms with Crippen LogP contribution in [0, 0.1) is 0 Å². The van der Waals surface area contributed by atoms with E-state index in [1.807, 2.05) is 6.07 Å². The van der Waals surface area contributed by atoms with E-state index in [-0.39, 0.29) is 41.5 Å². The Morgan fingerprint density at radius 3 is 2.84 bits per heavy atom. The van der Waals surface area contributed by atoms with Gasteiger partial charge in [0, 0.05) is 38.9 Å². The number of nitrogens with one attached hydrogen (secondary N) is 2. The van der Waals surface area contributed by atoms with Gasteiger partial charge in [0.05, 0.1) is 12.1 Å². The minimum absolute atomic E-state index is 0. The molecule has 170 valence electrons. The Morgan fingerprint density at radius 2 is 2.16 bits per heavy atom. The van der Waals surface area contributed by atoms with Crippen LogP contribution in [0.1, 0.15) is 12.0 Å². The van der Waals surface area contributed by atoms with Gasteiger partial charge in [-0.05, 0) is 36.2 Å². The molecule has 2 N–H and O–H groups in total. The number of guanidine groups is 1. The molecule has 0 radical (unpaired) electrons. The molecule has 0 spiro atoms. The summed E-state index contributed by atoms with van der Waals surface area (Å²) in [5.41, 5.74) is 0.753. The number of rotatable bonds is 7. The molecule has 3 rings (SSSR count). The molecule has 11 heteroatoms. The number of methoxy groups -OCH3 is 1. The normalized spacial score (nSPS) is 16.1. The van der Waals surface area contributed by atoms with E-state index in [4.69, 9.17) is 16.3 Å². The van der Waals surface area contributed by atoms with Gasteiger partial charge >= 0.3 is 6.61 Å². The van der Waals surface area contributed by atoms with Crippen molar-refractivity contribution in [2.24, 2.45) is 4.99 Å². The predicted octanol–water partition coefficient (Wildman–Crippen LogP) is 3.91. The molecule has 1 saturated heterocycles. The first kappa shape index (κ1) is 25.2. The van der Waals surface area contributed by atoms with E-state index in [1.165, 1.54) is 13.2 Å². The molecule has 1 aliphatic rings. The largest absolute Gasteiger partial charge is 0.493 e. The van der Waals surface area contributed by atoms with Crippen molar-refractivity contribution in [1.29, 1.82) is 0 Å². The van der Waals surface area contributed by atoms with Crippen LogP contribution >= 0.6 is 35.6 Å². The molecule has 0 aliphatic carbocycles. The van der Waals surface area contributed by atoms with E-state index in [1.54, 1.807) is 31.4 Å². The number of hydrogen-bond acceptors (Lipinski definition) is 5. The Labute approximate surface area is 202 Å². The quantitative estimate of drug-likeness (QED) is 0.301. The second kappa shape index (κ2) is 12.1. The number of nitrogens with zero attached hydrogens (tertiary/aromatic N) is 3. The predicted molar refractivity (Wildman–Crippen MR) is 128 cm³/mol. The van der Waals surface area contributed by atoms with Crippen molar-refractivity contribution in [3.63, 3.8) is 0 Å². The zero-order chi connectivity index (χ0) is 21.5. The molecule has 2 heterocycles. The van der Waals surface area contributed by atoms with Crippen molar-refractivity contribution in [1.82, 2.24) is 15.6 Å². The summed E-state index contributed by atoms with van der Waals surface area (Å²) in [6, 6.07) is 8.69. The zero-order valence-corrected chi connectivity index (χ0v) is 20.2. The maximum atomic E-state index is 12.6. The van der Waals surface area contributed by atoms with Gasteiger partial charge in [-0.25, -0.2) is 4.98 Å². The van der Waals surface area contributed by atoms with E-state index in [0.29, 0.717) is 17.5 Å². The van der Waals surface area contributed by atoms with E-state index < -0.39 is 6.61 Å². The maximum absolute atomic E-state index is 12.6. The number of pyridine rings is 1. The molecule has 7 nitrogen and oxygen atoms in total. The van der Waals surface area contributed by atoms with Crippen LogP contribution in [0.3, 0.4) is 0 Å². The highest BCUT2D eigenvalue weighted by Crippen LogP contribution is 2.29. The summed E-state index contributed by atoms with van der Waals surface area (Å²) in [4.78, 5) is 10.7. The van der Waals surface area contributed by atoms with Gasteiger partial charge in [-0.1, -0.05) is 17.7 Å². The molecule has 2 aromatic rings. The highest BCUT2D eigenvalue weighted by Gasteiger charge is 2.25. The second-order valence-corrected chi connectivity index (χ2v) is 7.08. The van der Waals surface area contributed by atoms with Gasteiger partial charge in [-0.3, -0.25) is 4.99 Å². The fourth-order valence-corrected chi connectivity index (χ4v) is 3.51. The fourth-order valence-electron chi connectivity index (χ4n) is 3.27. The lowest BCUT2D eigenvalue weighted by Crippen LogP contribution is -2.44. The van der Waals surface area contributed by atoms with Gasteiger partial charge < -0.3 is 25.0 Å². The molecule has 0 bridgehead atoms. The number of aliphatic imine (C=N–C) groups is 1. The Bertz CT molecular complexity index is 890. The minimum Gasteiger partial charge on any atom is -0.493 e. The number of alkyl halides is 2. The second-order valence-electron chi connectivity index (χ2n) is 6.67. The van der Waals surface area contributed by atoms with Crippen molar-refractivity contribution in [2.75, 3.05) is 32.1 Å². The number of halogens is 4. The summed E-state index contributed by atoms with van der Waals surface area (Å²) < 4.78 is 34.8. The van der Waals surface area contributed by atoms with Crippen molar-refractivity contribution >= 4 is 47.4 Å². The SMILES string of the molecule is CN=C(NCc1ccc(OC)c(OC(F)F)c1)NC1CCN(c2ncccc2Cl)C1.I. The summed E-state index contributed by atoms with van der Waals surface area (Å²) in [6.45, 7) is -0.967. The summed E-state index contributed by atoms with van der Waals surface area (Å²) in [5.74, 6) is 1.63. The third-order valence-electron chi connectivity index (χ3n) is 4.70. The first-order chi connectivity index (χ1) is 14.5. The average Bonchev–Trinajstić information content (AvgIpc) is 3.19. The van der Waals surface area contributed by atoms with Gasteiger partial charge in [0.1, 0.15) is 5.82 Å². The molecule has 0 saturated carbocycles. The zero-order valence-electron chi connectivity index (χ0n) is 17.1. The van der Waals surface area contributed by atoms with E-state index in [9.17, 15) is 8.78 Å². The molecule has 31 heavy (non-hydrogen) atoms. The molecule has 1 unspecified atom stereocenters. The highest BCUT2D eigenvalue weighted by atomic mass is 127. The number of anilines is 1. The van der Waals surface area contributed by atoms with Crippen LogP contribution in [-0.4, -0.2) is 50.8 Å². The van der Waals surface area contributed by atoms with Crippen LogP contribution in [0.5, 0.6) is 11.5 Å². The Hall–Kier alpha value is -2.08. The van der Waals surface area contributed by atoms with E-state index in [2.05, 4.69) is 30.2 Å². The number of benzene rings is 1. The van der Waals surface area contributed by atoms with E-state index >= 15 is 0 Å². The smallest absolute Gasteiger partial charge is 0.387 e. The molecule has 0 amide bonds. The van der Waals surface area contributed by atoms with E-state index in [0.717, 1.165) is 30.9 Å². The van der Waals surface area contributed by atoms with Crippen LogP contribution in [0.25, 0.3) is 0 Å². The molecular formula is C20H25ClF2IN5O2. The lowest BCUT2D eigenvalue weighted by atomic mass is 10.2. The summed E-state index contributed by atoms with van der Waals surface area (Å²) in [7, 11) is 3.08. The summed E-state index contributed by atoms with van der Waals surface area (Å²) >= 11 is 6.24. The standard InChI is InChI=1S/C20H24ClF2N5O2.HI/c1-24-20(26-11-13-5-6-16(29-2)17(10-13)30-19(22)23)27-14-7-9-28(12-14)18-15(21)4-3-8-25-18;/h3-6,8,10,14,19H,7,9,11-12H2,1-2H3,(H2,24,26,27);1H. The Kier molecular flexibility index (Phi) is 9.82. The van der Waals surface area contributed by atoms with Crippen LogP contribution in [0.2, 0.25) is 5.02 Å². The minimum atomic E-state index is -2.92. The maximum Gasteiger partial charge on any atom is 0.387 e. The third kappa shape index (κ3) is 6.96. The van der Waals surface area contributed by atoms with Gasteiger partial charge in [0.2, 0.25) is 0 Å². The van der Waals surface area contributed by atoms with Crippen molar-refractivity contribution in [3.8, 4) is 11.5 Å². The average molecular weight is 568 g/mol. The molecule has 1 atom stereocenters. The van der Waals surface area contributed by atoms with Crippen LogP contribution in [0.4, 0.5) is 14.6 Å². The van der Waals surface area contributed by atoms with Crippen LogP contribution in [0.15, 0.2) is 41.5 Å². The molecule has 1 aromatic heterocycles. The van der Waals surface area contributed by atoms with Gasteiger partial charge in [-0.15, -0.1) is 24.0 Å². The van der Waals surface area contributed by atoms with Gasteiger partial charge in [0.25, 0.3) is 0 Å². The molecule has 1 aliphatic heterocycles. The Morgan fingerprint density at radius 1 is 1.35 bits per heavy atom. The summed E-state index contributed by atoms with van der Waals surface area (Å²) in [5, 5.41) is 7.19. The third-order valence-corrected chi connectivity index (χ3v) is 4.99. The number of ether oxygens (including phenoxy) is 2. The topological polar surface area (TPSA) is 71.0 Å². The first-order valence-corrected chi connectivity index (χ1v) is 9.82. The molecule has 1 fully saturated rings. The Balaban J connectivity index is 0.00000341. The lowest BCUT2D eigenvalue weighted by Gasteiger charge is -2.20. The van der Waals surface area contributed by atoms with Gasteiger partial charge in [0.15, 0.2) is 17.5 Å². The van der Waals surface area contributed by atoms with Crippen molar-refractivity contribution in [2.45, 2.75) is 25.6 Å². The molecular weight excluding hydrogens is 543 g/mol. The molecule has 1 aromatic carbocycles. The fraction of sp³-hybridized carbons (Fsp3) is 0.400. The highest BCUT2D eigenvalue weighted by molar-refractivity contribution is 14.0.